The van der Waals surface area contributed by atoms with Crippen LogP contribution < -0.4 is 10.6 Å². The monoisotopic (exact) mass is 490 g/mol. The van der Waals surface area contributed by atoms with Gasteiger partial charge in [0.1, 0.15) is 6.54 Å². The highest BCUT2D eigenvalue weighted by atomic mass is 32.2. The molecular weight excluding hydrogens is 464 g/mol. The summed E-state index contributed by atoms with van der Waals surface area (Å²) in [4.78, 5) is 30.6. The van der Waals surface area contributed by atoms with Crippen LogP contribution in [0.5, 0.6) is 0 Å². The number of carbonyl (C=O) groups is 1. The number of rotatable bonds is 5. The Hall–Kier alpha value is -3.85. The Bertz CT molecular complexity index is 1550. The highest BCUT2D eigenvalue weighted by molar-refractivity contribution is 7.90. The van der Waals surface area contributed by atoms with Crippen molar-refractivity contribution < 1.29 is 13.2 Å². The fourth-order valence-electron chi connectivity index (χ4n) is 4.61. The number of benzene rings is 3. The number of aryl methyl sites for hydroxylation is 1. The number of imidazole rings is 1. The van der Waals surface area contributed by atoms with Crippen molar-refractivity contribution in [3.05, 3.63) is 94.9 Å². The zero-order valence-corrected chi connectivity index (χ0v) is 20.2. The molecule has 8 nitrogen and oxygen atoms in total. The van der Waals surface area contributed by atoms with Gasteiger partial charge in [0.15, 0.2) is 0 Å². The second-order valence-electron chi connectivity index (χ2n) is 8.59. The topological polar surface area (TPSA) is 84.6 Å². The fourth-order valence-corrected chi connectivity index (χ4v) is 6.04. The number of hydrogen-bond acceptors (Lipinski definition) is 5. The van der Waals surface area contributed by atoms with E-state index in [2.05, 4.69) is 24.0 Å². The average Bonchev–Trinajstić information content (AvgIpc) is 3.16. The fraction of sp³-hybridized carbons (Fsp3) is 0.231. The molecular formula is C26H26N4O4S. The number of para-hydroxylation sites is 3. The van der Waals surface area contributed by atoms with E-state index in [-0.39, 0.29) is 22.9 Å². The molecule has 0 aliphatic carbocycles. The van der Waals surface area contributed by atoms with E-state index in [1.54, 1.807) is 47.4 Å². The van der Waals surface area contributed by atoms with E-state index >= 15 is 0 Å². The third-order valence-corrected chi connectivity index (χ3v) is 8.16. The summed E-state index contributed by atoms with van der Waals surface area (Å²) in [6.07, 6.45) is 0. The smallest absolute Gasteiger partial charge is 0.343 e. The molecule has 5 rings (SSSR count). The standard InChI is InChI=1S/C26H26N4O4S/c1-20-9-5-6-12-22(20)27-15-17-28(18-16-27)25(31)19-29-23-13-7-8-14-24(23)30(26(29)32)35(33,34)21-10-3-2-4-11-21/h2-14H,15-19H2,1H3. The molecule has 1 saturated heterocycles. The van der Waals surface area contributed by atoms with Crippen molar-refractivity contribution in [1.82, 2.24) is 13.4 Å². The Labute approximate surface area is 203 Å². The number of nitrogens with zero attached hydrogens (tertiary/aromatic N) is 4. The number of amides is 1. The maximum atomic E-state index is 13.4. The molecule has 0 bridgehead atoms. The largest absolute Gasteiger partial charge is 0.368 e. The van der Waals surface area contributed by atoms with Gasteiger partial charge in [-0.15, -0.1) is 0 Å². The zero-order chi connectivity index (χ0) is 24.6. The lowest BCUT2D eigenvalue weighted by atomic mass is 10.1. The molecule has 1 aliphatic rings. The lowest BCUT2D eigenvalue weighted by Crippen LogP contribution is -2.50. The van der Waals surface area contributed by atoms with Crippen molar-refractivity contribution in [2.75, 3.05) is 31.1 Å². The van der Waals surface area contributed by atoms with E-state index in [1.807, 2.05) is 12.1 Å². The maximum absolute atomic E-state index is 13.4. The summed E-state index contributed by atoms with van der Waals surface area (Å²) in [5.41, 5.74) is 2.25. The molecule has 9 heteroatoms. The van der Waals surface area contributed by atoms with Crippen molar-refractivity contribution in [3.63, 3.8) is 0 Å². The first-order valence-electron chi connectivity index (χ1n) is 11.5. The third kappa shape index (κ3) is 4.12. The number of carbonyl (C=O) groups excluding carboxylic acids is 1. The first-order valence-corrected chi connectivity index (χ1v) is 12.9. The van der Waals surface area contributed by atoms with Crippen molar-refractivity contribution in [2.45, 2.75) is 18.4 Å². The van der Waals surface area contributed by atoms with Crippen molar-refractivity contribution in [1.29, 1.82) is 0 Å². The molecule has 0 unspecified atom stereocenters. The summed E-state index contributed by atoms with van der Waals surface area (Å²) < 4.78 is 28.7. The van der Waals surface area contributed by atoms with E-state index in [0.29, 0.717) is 31.7 Å². The molecule has 1 aliphatic heterocycles. The molecule has 0 saturated carbocycles. The highest BCUT2D eigenvalue weighted by Crippen LogP contribution is 2.22. The lowest BCUT2D eigenvalue weighted by molar-refractivity contribution is -0.132. The summed E-state index contributed by atoms with van der Waals surface area (Å²) in [6, 6.07) is 22.6. The molecule has 0 radical (unpaired) electrons. The van der Waals surface area contributed by atoms with Gasteiger partial charge in [0, 0.05) is 31.9 Å². The quantitative estimate of drug-likeness (QED) is 0.430. The molecule has 3 aromatic carbocycles. The molecule has 1 amide bonds. The molecule has 180 valence electrons. The first kappa shape index (κ1) is 22.9. The highest BCUT2D eigenvalue weighted by Gasteiger charge is 2.28. The Morgan fingerprint density at radius 3 is 2.09 bits per heavy atom. The van der Waals surface area contributed by atoms with Gasteiger partial charge in [0.05, 0.1) is 15.9 Å². The maximum Gasteiger partial charge on any atom is 0.343 e. The molecule has 0 N–H and O–H groups in total. The Balaban J connectivity index is 1.42. The number of piperazine rings is 1. The molecule has 0 atom stereocenters. The van der Waals surface area contributed by atoms with Crippen LogP contribution in [-0.4, -0.2) is 53.9 Å². The second-order valence-corrected chi connectivity index (χ2v) is 10.4. The van der Waals surface area contributed by atoms with Crippen LogP contribution in [-0.2, 0) is 21.4 Å². The van der Waals surface area contributed by atoms with Crippen molar-refractivity contribution >= 4 is 32.7 Å². The van der Waals surface area contributed by atoms with E-state index in [9.17, 15) is 18.0 Å². The normalized spacial score (nSPS) is 14.4. The van der Waals surface area contributed by atoms with Gasteiger partial charge in [-0.05, 0) is 42.8 Å². The number of anilines is 1. The van der Waals surface area contributed by atoms with Crippen LogP contribution in [0.4, 0.5) is 5.69 Å². The molecule has 0 spiro atoms. The van der Waals surface area contributed by atoms with E-state index in [1.165, 1.54) is 22.3 Å². The van der Waals surface area contributed by atoms with E-state index < -0.39 is 15.7 Å². The Morgan fingerprint density at radius 1 is 0.800 bits per heavy atom. The summed E-state index contributed by atoms with van der Waals surface area (Å²) >= 11 is 0. The zero-order valence-electron chi connectivity index (χ0n) is 19.4. The van der Waals surface area contributed by atoms with Gasteiger partial charge < -0.3 is 9.80 Å². The molecule has 2 heterocycles. The van der Waals surface area contributed by atoms with Crippen LogP contribution >= 0.6 is 0 Å². The van der Waals surface area contributed by atoms with Crippen LogP contribution in [0.2, 0.25) is 0 Å². The molecule has 1 fully saturated rings. The van der Waals surface area contributed by atoms with Crippen LogP contribution in [0.1, 0.15) is 5.56 Å². The predicted octanol–water partition coefficient (Wildman–Crippen LogP) is 2.70. The summed E-state index contributed by atoms with van der Waals surface area (Å²) in [5, 5.41) is 0. The summed E-state index contributed by atoms with van der Waals surface area (Å²) in [7, 11) is -4.13. The van der Waals surface area contributed by atoms with E-state index in [4.69, 9.17) is 0 Å². The molecule has 1 aromatic heterocycles. The van der Waals surface area contributed by atoms with Gasteiger partial charge in [-0.2, -0.15) is 3.97 Å². The van der Waals surface area contributed by atoms with Crippen molar-refractivity contribution in [2.24, 2.45) is 0 Å². The van der Waals surface area contributed by atoms with Crippen LogP contribution in [0.25, 0.3) is 11.0 Å². The SMILES string of the molecule is Cc1ccccc1N1CCN(C(=O)Cn2c(=O)n(S(=O)(=O)c3ccccc3)c3ccccc32)CC1. The van der Waals surface area contributed by atoms with Crippen molar-refractivity contribution in [3.8, 4) is 0 Å². The van der Waals surface area contributed by atoms with Gasteiger partial charge in [-0.1, -0.05) is 48.5 Å². The van der Waals surface area contributed by atoms with Crippen LogP contribution in [0.15, 0.2) is 88.6 Å². The van der Waals surface area contributed by atoms with Gasteiger partial charge in [-0.25, -0.2) is 13.2 Å². The number of hydrogen-bond donors (Lipinski definition) is 0. The predicted molar refractivity (Wildman–Crippen MR) is 135 cm³/mol. The number of aromatic nitrogens is 2. The van der Waals surface area contributed by atoms with Crippen LogP contribution in [0.3, 0.4) is 0 Å². The Morgan fingerprint density at radius 2 is 1.40 bits per heavy atom. The summed E-state index contributed by atoms with van der Waals surface area (Å²) in [5.74, 6) is -0.212. The first-order chi connectivity index (χ1) is 16.9. The van der Waals surface area contributed by atoms with Gasteiger partial charge in [0.25, 0.3) is 10.0 Å². The number of fused-ring (bicyclic) bond motifs is 1. The van der Waals surface area contributed by atoms with E-state index in [0.717, 1.165) is 9.66 Å². The molecule has 35 heavy (non-hydrogen) atoms. The van der Waals surface area contributed by atoms with Crippen LogP contribution in [0, 0.1) is 6.92 Å². The lowest BCUT2D eigenvalue weighted by Gasteiger charge is -2.36. The minimum atomic E-state index is -4.13. The van der Waals surface area contributed by atoms with Gasteiger partial charge in [-0.3, -0.25) is 9.36 Å². The average molecular weight is 491 g/mol. The van der Waals surface area contributed by atoms with Gasteiger partial charge in [0.2, 0.25) is 5.91 Å². The van der Waals surface area contributed by atoms with Gasteiger partial charge >= 0.3 is 5.69 Å². The Kier molecular flexibility index (Phi) is 5.94. The summed E-state index contributed by atoms with van der Waals surface area (Å²) in [6.45, 7) is 4.29. The molecule has 4 aromatic rings. The minimum absolute atomic E-state index is 0.0173. The minimum Gasteiger partial charge on any atom is -0.368 e. The second kappa shape index (κ2) is 9.07. The third-order valence-electron chi connectivity index (χ3n) is 6.46.